The lowest BCUT2D eigenvalue weighted by Crippen LogP contribution is -2.52. The third-order valence-corrected chi connectivity index (χ3v) is 4.68. The van der Waals surface area contributed by atoms with E-state index in [2.05, 4.69) is 23.7 Å². The molecular formula is C19H33N3O3. The van der Waals surface area contributed by atoms with E-state index in [0.29, 0.717) is 12.2 Å². The number of piperidine rings is 1. The molecule has 1 fully saturated rings. The number of hydrogen-bond donors (Lipinski definition) is 2. The van der Waals surface area contributed by atoms with Crippen LogP contribution in [0.4, 0.5) is 5.82 Å². The molecule has 0 aliphatic carbocycles. The van der Waals surface area contributed by atoms with Crippen LogP contribution in [0.5, 0.6) is 0 Å². The number of rotatable bonds is 9. The zero-order valence-corrected chi connectivity index (χ0v) is 15.8. The van der Waals surface area contributed by atoms with E-state index in [1.54, 1.807) is 0 Å². The van der Waals surface area contributed by atoms with Crippen molar-refractivity contribution < 1.29 is 14.3 Å². The number of anilines is 1. The molecule has 25 heavy (non-hydrogen) atoms. The van der Waals surface area contributed by atoms with Gasteiger partial charge in [0.2, 0.25) is 0 Å². The second-order valence-electron chi connectivity index (χ2n) is 6.70. The Hall–Kier alpha value is -1.53. The Morgan fingerprint density at radius 3 is 2.80 bits per heavy atom. The number of H-pyrrole nitrogens is 1. The van der Waals surface area contributed by atoms with Crippen molar-refractivity contribution in [2.24, 2.45) is 5.73 Å². The van der Waals surface area contributed by atoms with Crippen molar-refractivity contribution in [2.75, 3.05) is 31.2 Å². The summed E-state index contributed by atoms with van der Waals surface area (Å²) in [5.41, 5.74) is 7.78. The maximum atomic E-state index is 12.3. The molecule has 1 saturated heterocycles. The molecule has 6 nitrogen and oxygen atoms in total. The van der Waals surface area contributed by atoms with Crippen LogP contribution in [0.2, 0.25) is 0 Å². The normalized spacial score (nSPS) is 20.7. The number of ether oxygens (including phenoxy) is 2. The number of nitrogens with two attached hydrogens (primary N) is 1. The monoisotopic (exact) mass is 351 g/mol. The maximum Gasteiger partial charge on any atom is 0.340 e. The quantitative estimate of drug-likeness (QED) is 0.528. The van der Waals surface area contributed by atoms with Gasteiger partial charge in [-0.05, 0) is 31.7 Å². The SMILES string of the molecule is CCCCOC(=O)c1cc(N2CCC(N)C(OCCC)C2)[nH]c1CC. The van der Waals surface area contributed by atoms with Gasteiger partial charge in [0.05, 0.1) is 18.3 Å². The van der Waals surface area contributed by atoms with Crippen LogP contribution in [0.15, 0.2) is 6.07 Å². The summed E-state index contributed by atoms with van der Waals surface area (Å²) in [6.07, 6.45) is 4.57. The van der Waals surface area contributed by atoms with Gasteiger partial charge in [-0.2, -0.15) is 0 Å². The second kappa shape index (κ2) is 9.82. The standard InChI is InChI=1S/C19H33N3O3/c1-4-7-11-25-19(23)14-12-18(21-16(14)6-3)22-9-8-15(20)17(13-22)24-10-5-2/h12,15,17,21H,4-11,13,20H2,1-3H3. The van der Waals surface area contributed by atoms with E-state index in [0.717, 1.165) is 63.3 Å². The number of nitrogens with zero attached hydrogens (tertiary/aromatic N) is 1. The molecule has 6 heteroatoms. The van der Waals surface area contributed by atoms with Gasteiger partial charge in [-0.15, -0.1) is 0 Å². The first-order valence-electron chi connectivity index (χ1n) is 9.61. The lowest BCUT2D eigenvalue weighted by Gasteiger charge is -2.37. The molecular weight excluding hydrogens is 318 g/mol. The van der Waals surface area contributed by atoms with Crippen LogP contribution in [-0.2, 0) is 15.9 Å². The van der Waals surface area contributed by atoms with Crippen molar-refractivity contribution in [1.82, 2.24) is 4.98 Å². The summed E-state index contributed by atoms with van der Waals surface area (Å²) in [7, 11) is 0. The number of aromatic amines is 1. The number of carbonyl (C=O) groups excluding carboxylic acids is 1. The first-order chi connectivity index (χ1) is 12.1. The van der Waals surface area contributed by atoms with Gasteiger partial charge in [-0.25, -0.2) is 4.79 Å². The number of carbonyl (C=O) groups is 1. The van der Waals surface area contributed by atoms with E-state index < -0.39 is 0 Å². The molecule has 2 unspecified atom stereocenters. The Balaban J connectivity index is 2.07. The molecule has 1 aromatic heterocycles. The number of aromatic nitrogens is 1. The summed E-state index contributed by atoms with van der Waals surface area (Å²) in [5.74, 6) is 0.719. The first-order valence-corrected chi connectivity index (χ1v) is 9.61. The van der Waals surface area contributed by atoms with Crippen molar-refractivity contribution in [1.29, 1.82) is 0 Å². The summed E-state index contributed by atoms with van der Waals surface area (Å²) >= 11 is 0. The average molecular weight is 351 g/mol. The molecule has 1 aliphatic heterocycles. The first kappa shape index (κ1) is 19.8. The zero-order valence-electron chi connectivity index (χ0n) is 15.8. The maximum absolute atomic E-state index is 12.3. The van der Waals surface area contributed by atoms with E-state index in [1.165, 1.54) is 0 Å². The molecule has 0 spiro atoms. The minimum absolute atomic E-state index is 0.0297. The summed E-state index contributed by atoms with van der Waals surface area (Å²) in [5, 5.41) is 0. The molecule has 2 atom stereocenters. The Labute approximate surface area is 151 Å². The summed E-state index contributed by atoms with van der Waals surface area (Å²) in [4.78, 5) is 18.0. The van der Waals surface area contributed by atoms with Crippen LogP contribution in [0.1, 0.15) is 62.5 Å². The number of unbranched alkanes of at least 4 members (excludes halogenated alkanes) is 1. The fourth-order valence-corrected chi connectivity index (χ4v) is 3.10. The lowest BCUT2D eigenvalue weighted by atomic mass is 10.0. The van der Waals surface area contributed by atoms with Crippen LogP contribution in [-0.4, -0.2) is 49.4 Å². The van der Waals surface area contributed by atoms with Gasteiger partial charge < -0.3 is 25.1 Å². The highest BCUT2D eigenvalue weighted by Gasteiger charge is 2.29. The Kier molecular flexibility index (Phi) is 7.78. The molecule has 0 bridgehead atoms. The Morgan fingerprint density at radius 1 is 1.32 bits per heavy atom. The van der Waals surface area contributed by atoms with E-state index >= 15 is 0 Å². The lowest BCUT2D eigenvalue weighted by molar-refractivity contribution is 0.0308. The summed E-state index contributed by atoms with van der Waals surface area (Å²) < 4.78 is 11.3. The smallest absolute Gasteiger partial charge is 0.340 e. The fourth-order valence-electron chi connectivity index (χ4n) is 3.10. The molecule has 142 valence electrons. The van der Waals surface area contributed by atoms with Gasteiger partial charge in [0.1, 0.15) is 5.82 Å². The summed E-state index contributed by atoms with van der Waals surface area (Å²) in [6.45, 7) is 9.03. The van der Waals surface area contributed by atoms with Gasteiger partial charge in [-0.1, -0.05) is 27.2 Å². The van der Waals surface area contributed by atoms with Crippen LogP contribution in [0, 0.1) is 0 Å². The molecule has 0 aromatic carbocycles. The van der Waals surface area contributed by atoms with E-state index in [9.17, 15) is 4.79 Å². The minimum Gasteiger partial charge on any atom is -0.462 e. The molecule has 2 heterocycles. The largest absolute Gasteiger partial charge is 0.462 e. The highest BCUT2D eigenvalue weighted by molar-refractivity contribution is 5.92. The fraction of sp³-hybridized carbons (Fsp3) is 0.737. The number of nitrogens with one attached hydrogen (secondary N) is 1. The van der Waals surface area contributed by atoms with Crippen molar-refractivity contribution in [3.05, 3.63) is 17.3 Å². The van der Waals surface area contributed by atoms with E-state index in [1.807, 2.05) is 13.0 Å². The molecule has 1 aromatic rings. The van der Waals surface area contributed by atoms with Crippen LogP contribution < -0.4 is 10.6 Å². The topological polar surface area (TPSA) is 80.6 Å². The predicted octanol–water partition coefficient (Wildman–Crippen LogP) is 2.87. The highest BCUT2D eigenvalue weighted by Crippen LogP contribution is 2.24. The minimum atomic E-state index is -0.236. The zero-order chi connectivity index (χ0) is 18.2. The molecule has 0 saturated carbocycles. The summed E-state index contributed by atoms with van der Waals surface area (Å²) in [6, 6.07) is 1.99. The average Bonchev–Trinajstić information content (AvgIpc) is 3.05. The predicted molar refractivity (Wildman–Crippen MR) is 100 cm³/mol. The van der Waals surface area contributed by atoms with Crippen molar-refractivity contribution in [3.8, 4) is 0 Å². The Morgan fingerprint density at radius 2 is 2.12 bits per heavy atom. The van der Waals surface area contributed by atoms with Crippen LogP contribution in [0.25, 0.3) is 0 Å². The van der Waals surface area contributed by atoms with Gasteiger partial charge in [0.25, 0.3) is 0 Å². The molecule has 0 radical (unpaired) electrons. The molecule has 2 rings (SSSR count). The second-order valence-corrected chi connectivity index (χ2v) is 6.70. The van der Waals surface area contributed by atoms with Gasteiger partial charge in [0.15, 0.2) is 0 Å². The number of hydrogen-bond acceptors (Lipinski definition) is 5. The van der Waals surface area contributed by atoms with Crippen LogP contribution in [0.3, 0.4) is 0 Å². The van der Waals surface area contributed by atoms with Gasteiger partial charge >= 0.3 is 5.97 Å². The van der Waals surface area contributed by atoms with Crippen molar-refractivity contribution in [3.63, 3.8) is 0 Å². The third-order valence-electron chi connectivity index (χ3n) is 4.68. The molecule has 0 amide bonds. The highest BCUT2D eigenvalue weighted by atomic mass is 16.5. The van der Waals surface area contributed by atoms with E-state index in [-0.39, 0.29) is 18.1 Å². The molecule has 1 aliphatic rings. The molecule has 3 N–H and O–H groups in total. The van der Waals surface area contributed by atoms with Gasteiger partial charge in [-0.3, -0.25) is 0 Å². The van der Waals surface area contributed by atoms with Crippen molar-refractivity contribution in [2.45, 2.75) is 65.0 Å². The van der Waals surface area contributed by atoms with E-state index in [4.69, 9.17) is 15.2 Å². The number of aryl methyl sites for hydroxylation is 1. The van der Waals surface area contributed by atoms with Crippen molar-refractivity contribution >= 4 is 11.8 Å². The third kappa shape index (κ3) is 5.22. The number of esters is 1. The van der Waals surface area contributed by atoms with Crippen LogP contribution >= 0.6 is 0 Å². The van der Waals surface area contributed by atoms with Gasteiger partial charge in [0, 0.05) is 31.4 Å². The Bertz CT molecular complexity index is 544.